The van der Waals surface area contributed by atoms with Gasteiger partial charge < -0.3 is 9.73 Å². The first-order valence-corrected chi connectivity index (χ1v) is 11.6. The molecule has 0 radical (unpaired) electrons. The number of amidine groups is 2. The predicted octanol–water partition coefficient (Wildman–Crippen LogP) is 6.83. The summed E-state index contributed by atoms with van der Waals surface area (Å²) in [5, 5.41) is 3.25. The van der Waals surface area contributed by atoms with Gasteiger partial charge in [-0.2, -0.15) is 0 Å². The second kappa shape index (κ2) is 8.82. The summed E-state index contributed by atoms with van der Waals surface area (Å²) < 4.78 is 4.75. The van der Waals surface area contributed by atoms with E-state index in [0.29, 0.717) is 25.1 Å². The molecule has 0 saturated carbocycles. The lowest BCUT2D eigenvalue weighted by molar-refractivity contribution is 0.494. The van der Waals surface area contributed by atoms with E-state index in [-0.39, 0.29) is 0 Å². The monoisotopic (exact) mass is 713 g/mol. The van der Waals surface area contributed by atoms with Crippen LogP contribution in [0.15, 0.2) is 38.4 Å². The Morgan fingerprint density at radius 1 is 1.00 bits per heavy atom. The van der Waals surface area contributed by atoms with Crippen LogP contribution in [0.4, 0.5) is 0 Å². The third-order valence-electron chi connectivity index (χ3n) is 2.81. The van der Waals surface area contributed by atoms with Crippen molar-refractivity contribution >= 4 is 107 Å². The molecule has 2 heterocycles. The van der Waals surface area contributed by atoms with Gasteiger partial charge >= 0.3 is 0 Å². The van der Waals surface area contributed by atoms with Crippen molar-refractivity contribution in [2.24, 2.45) is 9.98 Å². The van der Waals surface area contributed by atoms with Crippen molar-refractivity contribution in [2.75, 3.05) is 0 Å². The minimum atomic E-state index is -0.418. The fraction of sp³-hybridized carbons (Fsp3) is 0.429. The van der Waals surface area contributed by atoms with Crippen molar-refractivity contribution in [3.8, 4) is 0 Å². The zero-order chi connectivity index (χ0) is 18.0. The molecule has 1 N–H and O–H groups in total. The van der Waals surface area contributed by atoms with Gasteiger partial charge in [-0.3, -0.25) is 0 Å². The second-order valence-electron chi connectivity index (χ2n) is 5.10. The van der Waals surface area contributed by atoms with Crippen LogP contribution in [0.25, 0.3) is 0 Å². The third kappa shape index (κ3) is 8.16. The first-order chi connectivity index (χ1) is 11.0. The largest absolute Gasteiger partial charge is 0.466 e. The Bertz CT molecular complexity index is 647. The Morgan fingerprint density at radius 3 is 1.96 bits per heavy atom. The molecule has 0 aliphatic carbocycles. The summed E-state index contributed by atoms with van der Waals surface area (Å²) in [7, 11) is 0. The topological polar surface area (TPSA) is 49.9 Å². The van der Waals surface area contributed by atoms with E-state index >= 15 is 0 Å². The highest BCUT2D eigenvalue weighted by Gasteiger charge is 2.27. The van der Waals surface area contributed by atoms with Gasteiger partial charge in [0.1, 0.15) is 27.5 Å². The van der Waals surface area contributed by atoms with Crippen molar-refractivity contribution in [3.63, 3.8) is 0 Å². The molecule has 0 saturated heterocycles. The summed E-state index contributed by atoms with van der Waals surface area (Å²) in [4.78, 5) is 9.14. The minimum absolute atomic E-state index is 0.418. The second-order valence-corrected chi connectivity index (χ2v) is 19.6. The lowest BCUT2D eigenvalue weighted by Crippen LogP contribution is -2.37. The average molecular weight is 719 g/mol. The number of alkyl halides is 6. The van der Waals surface area contributed by atoms with Crippen LogP contribution in [-0.2, 0) is 6.42 Å². The minimum Gasteiger partial charge on any atom is -0.466 e. The number of nitrogens with one attached hydrogen (secondary N) is 1. The number of furan rings is 1. The lowest BCUT2D eigenvalue weighted by Gasteiger charge is -2.22. The highest BCUT2D eigenvalue weighted by molar-refractivity contribution is 9.39. The SMILES string of the molecule is Cc1ccc(CC=C2N=C(CC(Br)(Br)Br)NC(CC(Br)(Br)Br)=N2)o1. The van der Waals surface area contributed by atoms with Gasteiger partial charge in [-0.05, 0) is 25.1 Å². The Morgan fingerprint density at radius 2 is 1.54 bits per heavy atom. The molecule has 0 spiro atoms. The van der Waals surface area contributed by atoms with Gasteiger partial charge in [-0.25, -0.2) is 9.98 Å². The summed E-state index contributed by atoms with van der Waals surface area (Å²) in [6.45, 7) is 1.93. The molecular formula is C14H13Br6N3O. The van der Waals surface area contributed by atoms with Crippen LogP contribution < -0.4 is 5.32 Å². The molecular weight excluding hydrogens is 706 g/mol. The van der Waals surface area contributed by atoms with Gasteiger partial charge in [0, 0.05) is 19.3 Å². The van der Waals surface area contributed by atoms with Crippen molar-refractivity contribution in [1.82, 2.24) is 5.32 Å². The summed E-state index contributed by atoms with van der Waals surface area (Å²) in [6.07, 6.45) is 3.79. The highest BCUT2D eigenvalue weighted by atomic mass is 80.0. The summed E-state index contributed by atoms with van der Waals surface area (Å²) in [5.74, 6) is 4.03. The Hall–Kier alpha value is 1.04. The molecule has 1 aliphatic heterocycles. The van der Waals surface area contributed by atoms with Gasteiger partial charge in [0.2, 0.25) is 0 Å². The normalized spacial score (nSPS) is 15.7. The zero-order valence-corrected chi connectivity index (χ0v) is 21.9. The fourth-order valence-corrected chi connectivity index (χ4v) is 3.54. The van der Waals surface area contributed by atoms with Crippen LogP contribution in [0, 0.1) is 6.92 Å². The lowest BCUT2D eigenvalue weighted by atomic mass is 10.3. The zero-order valence-electron chi connectivity index (χ0n) is 12.4. The molecule has 0 bridgehead atoms. The predicted molar refractivity (Wildman–Crippen MR) is 121 cm³/mol. The van der Waals surface area contributed by atoms with E-state index in [0.717, 1.165) is 23.2 Å². The van der Waals surface area contributed by atoms with E-state index in [1.54, 1.807) is 0 Å². The number of aliphatic imine (C=N–C) groups is 2. The van der Waals surface area contributed by atoms with E-state index in [2.05, 4.69) is 111 Å². The van der Waals surface area contributed by atoms with Gasteiger partial charge in [-0.1, -0.05) is 95.6 Å². The van der Waals surface area contributed by atoms with Crippen LogP contribution >= 0.6 is 95.6 Å². The first-order valence-electron chi connectivity index (χ1n) is 6.81. The van der Waals surface area contributed by atoms with Gasteiger partial charge in [0.15, 0.2) is 5.82 Å². The number of rotatable bonds is 4. The molecule has 0 unspecified atom stereocenters. The molecule has 0 fully saturated rings. The van der Waals surface area contributed by atoms with Crippen LogP contribution in [-0.4, -0.2) is 16.0 Å². The quantitative estimate of drug-likeness (QED) is 0.348. The maximum absolute atomic E-state index is 5.59. The van der Waals surface area contributed by atoms with Gasteiger partial charge in [0.25, 0.3) is 0 Å². The van der Waals surface area contributed by atoms with E-state index < -0.39 is 4.29 Å². The van der Waals surface area contributed by atoms with E-state index in [1.165, 1.54) is 0 Å². The van der Waals surface area contributed by atoms with Crippen molar-refractivity contribution < 1.29 is 4.42 Å². The van der Waals surface area contributed by atoms with Crippen molar-refractivity contribution in [3.05, 3.63) is 35.6 Å². The maximum atomic E-state index is 5.59. The molecule has 1 aromatic heterocycles. The molecule has 0 atom stereocenters. The molecule has 0 amide bonds. The molecule has 0 aromatic carbocycles. The van der Waals surface area contributed by atoms with Crippen molar-refractivity contribution in [1.29, 1.82) is 0 Å². The number of aryl methyl sites for hydroxylation is 1. The average Bonchev–Trinajstić information content (AvgIpc) is 2.78. The molecule has 2 rings (SSSR count). The molecule has 1 aromatic rings. The first kappa shape index (κ1) is 21.3. The van der Waals surface area contributed by atoms with Crippen LogP contribution in [0.1, 0.15) is 24.4 Å². The number of hydrogen-bond acceptors (Lipinski definition) is 4. The number of allylic oxidation sites excluding steroid dienone is 1. The number of nitrogens with zero attached hydrogens (tertiary/aromatic N) is 2. The molecule has 1 aliphatic rings. The number of halogens is 6. The van der Waals surface area contributed by atoms with E-state index in [4.69, 9.17) is 4.42 Å². The Balaban J connectivity index is 2.20. The highest BCUT2D eigenvalue weighted by Crippen LogP contribution is 2.39. The molecule has 4 nitrogen and oxygen atoms in total. The molecule has 10 heteroatoms. The number of hydrogen-bond donors (Lipinski definition) is 1. The van der Waals surface area contributed by atoms with Crippen LogP contribution in [0.5, 0.6) is 0 Å². The van der Waals surface area contributed by atoms with E-state index in [9.17, 15) is 0 Å². The fourth-order valence-electron chi connectivity index (χ4n) is 1.95. The third-order valence-corrected chi connectivity index (χ3v) is 4.49. The van der Waals surface area contributed by atoms with Crippen LogP contribution in [0.2, 0.25) is 0 Å². The smallest absolute Gasteiger partial charge is 0.152 e. The molecule has 24 heavy (non-hydrogen) atoms. The maximum Gasteiger partial charge on any atom is 0.152 e. The molecule has 132 valence electrons. The van der Waals surface area contributed by atoms with Gasteiger partial charge in [0.05, 0.1) is 0 Å². The summed E-state index contributed by atoms with van der Waals surface area (Å²) in [5.41, 5.74) is 0. The van der Waals surface area contributed by atoms with Crippen LogP contribution in [0.3, 0.4) is 0 Å². The summed E-state index contributed by atoms with van der Waals surface area (Å²) >= 11 is 21.0. The van der Waals surface area contributed by atoms with E-state index in [1.807, 2.05) is 25.1 Å². The Kier molecular flexibility index (Phi) is 7.84. The van der Waals surface area contributed by atoms with Crippen molar-refractivity contribution in [2.45, 2.75) is 30.5 Å². The standard InChI is InChI=1S/C14H13Br6N3O/c1-8-2-3-9(24-8)4-5-10-21-11(6-13(15,16)17)23-12(22-10)7-14(18,19)20/h2-3,5H,4,6-7H2,1H3,(H,21,22,23). The Labute approximate surface area is 191 Å². The summed E-state index contributed by atoms with van der Waals surface area (Å²) in [6, 6.07) is 3.91. The van der Waals surface area contributed by atoms with Gasteiger partial charge in [-0.15, -0.1) is 0 Å².